The number of quaternary nitrogens is 1. The van der Waals surface area contributed by atoms with E-state index >= 15 is 0 Å². The first-order valence-corrected chi connectivity index (χ1v) is 8.45. The number of anilines is 1. The van der Waals surface area contributed by atoms with E-state index in [1.54, 1.807) is 18.2 Å². The summed E-state index contributed by atoms with van der Waals surface area (Å²) < 4.78 is 13.7. The monoisotopic (exact) mass is 353 g/mol. The zero-order valence-electron chi connectivity index (χ0n) is 12.8. The predicted molar refractivity (Wildman–Crippen MR) is 93.6 cm³/mol. The van der Waals surface area contributed by atoms with Crippen molar-refractivity contribution in [2.75, 3.05) is 11.9 Å². The van der Waals surface area contributed by atoms with Crippen molar-refractivity contribution in [2.45, 2.75) is 19.5 Å². The lowest BCUT2D eigenvalue weighted by molar-refractivity contribution is -0.921. The van der Waals surface area contributed by atoms with Gasteiger partial charge in [0.15, 0.2) is 6.04 Å². The van der Waals surface area contributed by atoms with Crippen LogP contribution < -0.4 is 10.2 Å². The average Bonchev–Trinajstić information content (AvgIpc) is 2.93. The van der Waals surface area contributed by atoms with Crippen LogP contribution >= 0.6 is 22.9 Å². The topological polar surface area (TPSA) is 33.5 Å². The molecule has 0 spiro atoms. The van der Waals surface area contributed by atoms with Crippen LogP contribution in [-0.2, 0) is 11.3 Å². The molecule has 0 radical (unpaired) electrons. The lowest BCUT2D eigenvalue weighted by Crippen LogP contribution is -3.15. The van der Waals surface area contributed by atoms with Crippen molar-refractivity contribution >= 4 is 34.5 Å². The molecule has 2 N–H and O–H groups in total. The Morgan fingerprint density at radius 1 is 1.39 bits per heavy atom. The average molecular weight is 354 g/mol. The number of hydrogen-bond donors (Lipinski definition) is 2. The molecule has 0 aliphatic heterocycles. The minimum absolute atomic E-state index is 0.115. The standard InChI is InChI=1S/C17H18ClFN2OS/c1-3-10-21(11-15-8-9-16(18)23-15)12(2)17(22)20-14-6-4-13(19)5-7-14/h3-9,12H,1,10-11H2,2H3,(H,20,22)/p+1/t12-/m1/s1. The van der Waals surface area contributed by atoms with Crippen molar-refractivity contribution in [3.05, 3.63) is 64.1 Å². The van der Waals surface area contributed by atoms with Gasteiger partial charge in [-0.25, -0.2) is 4.39 Å². The molecule has 2 atom stereocenters. The summed E-state index contributed by atoms with van der Waals surface area (Å²) in [4.78, 5) is 14.6. The van der Waals surface area contributed by atoms with Crippen molar-refractivity contribution < 1.29 is 14.1 Å². The summed E-state index contributed by atoms with van der Waals surface area (Å²) >= 11 is 7.48. The molecule has 0 aliphatic carbocycles. The van der Waals surface area contributed by atoms with Crippen LogP contribution in [0.25, 0.3) is 0 Å². The van der Waals surface area contributed by atoms with Gasteiger partial charge in [0.05, 0.1) is 15.8 Å². The number of rotatable bonds is 7. The number of nitrogens with one attached hydrogen (secondary N) is 2. The highest BCUT2D eigenvalue weighted by molar-refractivity contribution is 7.16. The molecule has 0 bridgehead atoms. The zero-order valence-corrected chi connectivity index (χ0v) is 14.4. The highest BCUT2D eigenvalue weighted by Gasteiger charge is 2.25. The molecule has 0 aliphatic rings. The van der Waals surface area contributed by atoms with Gasteiger partial charge in [0.25, 0.3) is 5.91 Å². The molecule has 1 aromatic heterocycles. The smallest absolute Gasteiger partial charge is 0.282 e. The molecule has 3 nitrogen and oxygen atoms in total. The molecular formula is C17H19ClFN2OS+. The van der Waals surface area contributed by atoms with Crippen molar-refractivity contribution in [3.8, 4) is 0 Å². The first-order chi connectivity index (χ1) is 11.0. The highest BCUT2D eigenvalue weighted by atomic mass is 35.5. The van der Waals surface area contributed by atoms with Crippen LogP contribution in [-0.4, -0.2) is 18.5 Å². The SMILES string of the molecule is C=CC[NH+](Cc1ccc(Cl)s1)[C@H](C)C(=O)Nc1ccc(F)cc1. The van der Waals surface area contributed by atoms with Gasteiger partial charge in [-0.15, -0.1) is 11.3 Å². The largest absolute Gasteiger partial charge is 0.321 e. The molecule has 1 unspecified atom stereocenters. The van der Waals surface area contributed by atoms with Crippen LogP contribution in [0.1, 0.15) is 11.8 Å². The van der Waals surface area contributed by atoms with E-state index in [-0.39, 0.29) is 17.8 Å². The summed E-state index contributed by atoms with van der Waals surface area (Å²) in [7, 11) is 0. The molecule has 23 heavy (non-hydrogen) atoms. The molecule has 122 valence electrons. The molecule has 1 aromatic carbocycles. The zero-order chi connectivity index (χ0) is 16.8. The van der Waals surface area contributed by atoms with Crippen molar-refractivity contribution in [3.63, 3.8) is 0 Å². The van der Waals surface area contributed by atoms with Crippen LogP contribution in [0.3, 0.4) is 0 Å². The lowest BCUT2D eigenvalue weighted by Gasteiger charge is -2.23. The Balaban J connectivity index is 2.03. The Morgan fingerprint density at radius 2 is 2.09 bits per heavy atom. The number of halogens is 2. The molecule has 2 rings (SSSR count). The van der Waals surface area contributed by atoms with Crippen LogP contribution in [0.4, 0.5) is 10.1 Å². The maximum Gasteiger partial charge on any atom is 0.282 e. The Kier molecular flexibility index (Phi) is 6.33. The van der Waals surface area contributed by atoms with Gasteiger partial charge in [0.2, 0.25) is 0 Å². The van der Waals surface area contributed by atoms with E-state index in [0.717, 1.165) is 14.1 Å². The van der Waals surface area contributed by atoms with E-state index in [1.165, 1.54) is 23.5 Å². The quantitative estimate of drug-likeness (QED) is 0.737. The van der Waals surface area contributed by atoms with Crippen molar-refractivity contribution in [2.24, 2.45) is 0 Å². The fourth-order valence-corrected chi connectivity index (χ4v) is 3.37. The van der Waals surface area contributed by atoms with Crippen molar-refractivity contribution in [1.29, 1.82) is 0 Å². The number of benzene rings is 1. The van der Waals surface area contributed by atoms with Crippen LogP contribution in [0.15, 0.2) is 49.1 Å². The van der Waals surface area contributed by atoms with E-state index in [9.17, 15) is 9.18 Å². The van der Waals surface area contributed by atoms with E-state index in [2.05, 4.69) is 11.9 Å². The van der Waals surface area contributed by atoms with Crippen LogP contribution in [0.2, 0.25) is 4.34 Å². The molecule has 1 amide bonds. The minimum Gasteiger partial charge on any atom is -0.321 e. The van der Waals surface area contributed by atoms with E-state index < -0.39 is 0 Å². The Hall–Kier alpha value is -1.69. The Labute approximate surface area is 144 Å². The van der Waals surface area contributed by atoms with Crippen LogP contribution in [0, 0.1) is 5.82 Å². The number of amides is 1. The third-order valence-electron chi connectivity index (χ3n) is 3.55. The maximum absolute atomic E-state index is 12.9. The van der Waals surface area contributed by atoms with Gasteiger partial charge in [0, 0.05) is 5.69 Å². The predicted octanol–water partition coefficient (Wildman–Crippen LogP) is 3.14. The van der Waals surface area contributed by atoms with Gasteiger partial charge in [-0.2, -0.15) is 0 Å². The number of carbonyl (C=O) groups is 1. The van der Waals surface area contributed by atoms with Crippen molar-refractivity contribution in [1.82, 2.24) is 0 Å². The summed E-state index contributed by atoms with van der Waals surface area (Å²) in [6.45, 7) is 6.99. The maximum atomic E-state index is 12.9. The second-order valence-electron chi connectivity index (χ2n) is 5.25. The van der Waals surface area contributed by atoms with Crippen LogP contribution in [0.5, 0.6) is 0 Å². The molecule has 0 saturated carbocycles. The van der Waals surface area contributed by atoms with Gasteiger partial charge >= 0.3 is 0 Å². The summed E-state index contributed by atoms with van der Waals surface area (Å²) in [6, 6.07) is 9.29. The fourth-order valence-electron chi connectivity index (χ4n) is 2.23. The van der Waals surface area contributed by atoms with E-state index in [4.69, 9.17) is 11.6 Å². The molecule has 0 fully saturated rings. The number of hydrogen-bond acceptors (Lipinski definition) is 2. The van der Waals surface area contributed by atoms with Gasteiger partial charge < -0.3 is 10.2 Å². The second-order valence-corrected chi connectivity index (χ2v) is 7.05. The first-order valence-electron chi connectivity index (χ1n) is 7.25. The number of carbonyl (C=O) groups excluding carboxylic acids is 1. The number of thiophene rings is 1. The van der Waals surface area contributed by atoms with Gasteiger partial charge in [-0.3, -0.25) is 4.79 Å². The molecule has 2 aromatic rings. The minimum atomic E-state index is -0.329. The third kappa shape index (κ3) is 5.16. The van der Waals surface area contributed by atoms with Gasteiger partial charge in [0.1, 0.15) is 12.4 Å². The molecule has 6 heteroatoms. The summed E-state index contributed by atoms with van der Waals surface area (Å²) in [5.74, 6) is -0.444. The highest BCUT2D eigenvalue weighted by Crippen LogP contribution is 2.20. The normalized spacial score (nSPS) is 13.3. The summed E-state index contributed by atoms with van der Waals surface area (Å²) in [5, 5.41) is 2.82. The van der Waals surface area contributed by atoms with Gasteiger partial charge in [-0.05, 0) is 49.4 Å². The second kappa shape index (κ2) is 8.24. The third-order valence-corrected chi connectivity index (χ3v) is 4.79. The summed E-state index contributed by atoms with van der Waals surface area (Å²) in [6.07, 6.45) is 1.80. The Bertz CT molecular complexity index is 671. The molecule has 0 saturated heterocycles. The van der Waals surface area contributed by atoms with Gasteiger partial charge in [-0.1, -0.05) is 18.2 Å². The lowest BCUT2D eigenvalue weighted by atomic mass is 10.2. The van der Waals surface area contributed by atoms with E-state index in [1.807, 2.05) is 19.1 Å². The van der Waals surface area contributed by atoms with E-state index in [0.29, 0.717) is 18.8 Å². The molecular weight excluding hydrogens is 335 g/mol. The summed E-state index contributed by atoms with van der Waals surface area (Å²) in [5.41, 5.74) is 0.584. The fraction of sp³-hybridized carbons (Fsp3) is 0.235. The first kappa shape index (κ1) is 17.7. The molecule has 1 heterocycles. The Morgan fingerprint density at radius 3 is 2.65 bits per heavy atom.